The van der Waals surface area contributed by atoms with Crippen molar-refractivity contribution in [2.75, 3.05) is 0 Å². The molecule has 5 unspecified atom stereocenters. The first-order chi connectivity index (χ1) is 12.7. The van der Waals surface area contributed by atoms with Crippen LogP contribution in [0.4, 0.5) is 0 Å². The van der Waals surface area contributed by atoms with E-state index in [1.54, 1.807) is 0 Å². The maximum Gasteiger partial charge on any atom is 0.105 e. The lowest BCUT2D eigenvalue weighted by Gasteiger charge is -2.16. The second kappa shape index (κ2) is 9.38. The van der Waals surface area contributed by atoms with Gasteiger partial charge in [-0.25, -0.2) is 0 Å². The van der Waals surface area contributed by atoms with Crippen molar-refractivity contribution < 1.29 is 14.9 Å². The van der Waals surface area contributed by atoms with Gasteiger partial charge in [0.25, 0.3) is 0 Å². The van der Waals surface area contributed by atoms with E-state index < -0.39 is 6.10 Å². The molecule has 1 aromatic carbocycles. The fourth-order valence-corrected chi connectivity index (χ4v) is 4.16. The van der Waals surface area contributed by atoms with Crippen molar-refractivity contribution in [1.82, 2.24) is 0 Å². The molecule has 2 aliphatic rings. The van der Waals surface area contributed by atoms with Crippen LogP contribution in [0.5, 0.6) is 0 Å². The molecule has 0 aromatic heterocycles. The Morgan fingerprint density at radius 3 is 2.85 bits per heavy atom. The molecule has 3 rings (SSSR count). The molecule has 2 N–H and O–H groups in total. The lowest BCUT2D eigenvalue weighted by atomic mass is 9.90. The minimum Gasteiger partial charge on any atom is -0.495 e. The minimum absolute atomic E-state index is 0.0865. The molecule has 0 bridgehead atoms. The number of hydrogen-bond acceptors (Lipinski definition) is 3. The molecule has 0 amide bonds. The van der Waals surface area contributed by atoms with E-state index in [1.165, 1.54) is 18.4 Å². The van der Waals surface area contributed by atoms with Gasteiger partial charge in [-0.3, -0.25) is 0 Å². The molecule has 1 heterocycles. The molecular formula is C23H32O3. The maximum atomic E-state index is 10.4. The first kappa shape index (κ1) is 19.2. The van der Waals surface area contributed by atoms with Crippen LogP contribution in [0.25, 0.3) is 0 Å². The second-order valence-corrected chi connectivity index (χ2v) is 7.69. The van der Waals surface area contributed by atoms with Gasteiger partial charge in [0.15, 0.2) is 0 Å². The van der Waals surface area contributed by atoms with Crippen LogP contribution in [0.1, 0.15) is 51.0 Å². The Kier molecular flexibility index (Phi) is 6.93. The molecule has 3 heteroatoms. The third-order valence-electron chi connectivity index (χ3n) is 5.69. The molecule has 0 spiro atoms. The van der Waals surface area contributed by atoms with Crippen molar-refractivity contribution in [2.45, 2.75) is 70.2 Å². The van der Waals surface area contributed by atoms with Crippen LogP contribution in [0, 0.1) is 11.8 Å². The van der Waals surface area contributed by atoms with Crippen molar-refractivity contribution in [3.05, 3.63) is 59.9 Å². The zero-order chi connectivity index (χ0) is 18.4. The van der Waals surface area contributed by atoms with E-state index in [0.29, 0.717) is 18.8 Å². The number of aryl methyl sites for hydroxylation is 1. The molecular weight excluding hydrogens is 324 g/mol. The molecule has 1 aliphatic heterocycles. The maximum absolute atomic E-state index is 10.4. The number of benzene rings is 1. The molecule has 1 saturated carbocycles. The molecule has 5 atom stereocenters. The average molecular weight is 357 g/mol. The Hall–Kier alpha value is -1.58. The summed E-state index contributed by atoms with van der Waals surface area (Å²) in [6.45, 7) is 2.20. The summed E-state index contributed by atoms with van der Waals surface area (Å²) in [5, 5.41) is 20.7. The van der Waals surface area contributed by atoms with Gasteiger partial charge >= 0.3 is 0 Å². The zero-order valence-corrected chi connectivity index (χ0v) is 15.8. The van der Waals surface area contributed by atoms with Crippen molar-refractivity contribution >= 4 is 0 Å². The summed E-state index contributed by atoms with van der Waals surface area (Å²) >= 11 is 0. The fraction of sp³-hybridized carbons (Fsp3) is 0.565. The average Bonchev–Trinajstić information content (AvgIpc) is 3.16. The van der Waals surface area contributed by atoms with Crippen molar-refractivity contribution in [3.8, 4) is 0 Å². The summed E-state index contributed by atoms with van der Waals surface area (Å²) in [6.07, 6.45) is 12.1. The monoisotopic (exact) mass is 356 g/mol. The van der Waals surface area contributed by atoms with Gasteiger partial charge in [0, 0.05) is 24.7 Å². The van der Waals surface area contributed by atoms with Gasteiger partial charge in [-0.1, -0.05) is 55.8 Å². The van der Waals surface area contributed by atoms with Gasteiger partial charge in [-0.05, 0) is 37.3 Å². The van der Waals surface area contributed by atoms with Crippen LogP contribution in [0.15, 0.2) is 54.3 Å². The SMILES string of the molecule is CCCC/C=C1\CC2C(CC(O)C2/C=C/C(O)CCc2ccccc2)O1. The second-order valence-electron chi connectivity index (χ2n) is 7.69. The van der Waals surface area contributed by atoms with Gasteiger partial charge < -0.3 is 14.9 Å². The largest absolute Gasteiger partial charge is 0.495 e. The first-order valence-electron chi connectivity index (χ1n) is 10.1. The number of unbranched alkanes of at least 4 members (excludes halogenated alkanes) is 2. The van der Waals surface area contributed by atoms with Crippen LogP contribution in [0.3, 0.4) is 0 Å². The van der Waals surface area contributed by atoms with Crippen LogP contribution in [-0.4, -0.2) is 28.5 Å². The number of aliphatic hydroxyl groups is 2. The molecule has 1 aliphatic carbocycles. The summed E-state index contributed by atoms with van der Waals surface area (Å²) in [6, 6.07) is 10.2. The van der Waals surface area contributed by atoms with E-state index in [9.17, 15) is 10.2 Å². The highest BCUT2D eigenvalue weighted by Gasteiger charge is 2.46. The summed E-state index contributed by atoms with van der Waals surface area (Å²) in [5.41, 5.74) is 1.24. The summed E-state index contributed by atoms with van der Waals surface area (Å²) in [5.74, 6) is 1.53. The van der Waals surface area contributed by atoms with Crippen LogP contribution >= 0.6 is 0 Å². The number of fused-ring (bicyclic) bond motifs is 1. The Morgan fingerprint density at radius 2 is 2.08 bits per heavy atom. The predicted octanol–water partition coefficient (Wildman–Crippen LogP) is 4.40. The quantitative estimate of drug-likeness (QED) is 0.536. The minimum atomic E-state index is -0.469. The van der Waals surface area contributed by atoms with Gasteiger partial charge in [0.05, 0.1) is 18.0 Å². The van der Waals surface area contributed by atoms with Crippen LogP contribution < -0.4 is 0 Å². The summed E-state index contributed by atoms with van der Waals surface area (Å²) in [7, 11) is 0. The zero-order valence-electron chi connectivity index (χ0n) is 15.8. The van der Waals surface area contributed by atoms with E-state index in [-0.39, 0.29) is 18.1 Å². The molecule has 1 aromatic rings. The summed E-state index contributed by atoms with van der Waals surface area (Å²) < 4.78 is 6.05. The smallest absolute Gasteiger partial charge is 0.105 e. The molecule has 142 valence electrons. The van der Waals surface area contributed by atoms with E-state index in [2.05, 4.69) is 25.1 Å². The van der Waals surface area contributed by atoms with E-state index >= 15 is 0 Å². The third-order valence-corrected chi connectivity index (χ3v) is 5.69. The lowest BCUT2D eigenvalue weighted by Crippen LogP contribution is -2.18. The van der Waals surface area contributed by atoms with Gasteiger partial charge in [0.2, 0.25) is 0 Å². The molecule has 26 heavy (non-hydrogen) atoms. The third kappa shape index (κ3) is 4.99. The Balaban J connectivity index is 1.51. The molecule has 0 radical (unpaired) electrons. The first-order valence-corrected chi connectivity index (χ1v) is 10.1. The molecule has 1 saturated heterocycles. The topological polar surface area (TPSA) is 49.7 Å². The van der Waals surface area contributed by atoms with Gasteiger partial charge in [-0.2, -0.15) is 0 Å². The normalized spacial score (nSPS) is 30.7. The highest BCUT2D eigenvalue weighted by Crippen LogP contribution is 2.45. The number of aliphatic hydroxyl groups excluding tert-OH is 2. The lowest BCUT2D eigenvalue weighted by molar-refractivity contribution is 0.111. The van der Waals surface area contributed by atoms with Crippen molar-refractivity contribution in [2.24, 2.45) is 11.8 Å². The Labute approximate surface area is 157 Å². The standard InChI is InChI=1S/C23H32O3/c1-2-3-5-10-19-15-21-20(22(25)16-23(21)26-19)14-13-18(24)12-11-17-8-6-4-7-9-17/h4,6-10,13-14,18,20-25H,2-3,5,11-12,15-16H2,1H3/b14-13+,19-10+. The molecule has 2 fully saturated rings. The number of allylic oxidation sites excluding steroid dienone is 2. The number of ether oxygens (including phenoxy) is 1. The fourth-order valence-electron chi connectivity index (χ4n) is 4.16. The Morgan fingerprint density at radius 1 is 1.27 bits per heavy atom. The van der Waals surface area contributed by atoms with Crippen LogP contribution in [0.2, 0.25) is 0 Å². The van der Waals surface area contributed by atoms with E-state index in [4.69, 9.17) is 4.74 Å². The molecule has 3 nitrogen and oxygen atoms in total. The van der Waals surface area contributed by atoms with Crippen molar-refractivity contribution in [1.29, 1.82) is 0 Å². The van der Waals surface area contributed by atoms with Crippen LogP contribution in [-0.2, 0) is 11.2 Å². The van der Waals surface area contributed by atoms with E-state index in [0.717, 1.165) is 25.0 Å². The number of hydrogen-bond donors (Lipinski definition) is 2. The highest BCUT2D eigenvalue weighted by atomic mass is 16.5. The van der Waals surface area contributed by atoms with Gasteiger partial charge in [-0.15, -0.1) is 0 Å². The highest BCUT2D eigenvalue weighted by molar-refractivity contribution is 5.16. The summed E-state index contributed by atoms with van der Waals surface area (Å²) in [4.78, 5) is 0. The predicted molar refractivity (Wildman–Crippen MR) is 105 cm³/mol. The van der Waals surface area contributed by atoms with Gasteiger partial charge in [0.1, 0.15) is 6.10 Å². The van der Waals surface area contributed by atoms with Crippen molar-refractivity contribution in [3.63, 3.8) is 0 Å². The van der Waals surface area contributed by atoms with E-state index in [1.807, 2.05) is 30.4 Å². The number of rotatable bonds is 8. The Bertz CT molecular complexity index is 607.